The molecule has 1 aromatic carbocycles. The van der Waals surface area contributed by atoms with Crippen LogP contribution < -0.4 is 5.32 Å². The third kappa shape index (κ3) is 3.89. The van der Waals surface area contributed by atoms with E-state index in [2.05, 4.69) is 20.4 Å². The first kappa shape index (κ1) is 20.6. The van der Waals surface area contributed by atoms with Crippen LogP contribution in [-0.2, 0) is 0 Å². The van der Waals surface area contributed by atoms with Crippen molar-refractivity contribution in [1.29, 1.82) is 0 Å². The van der Waals surface area contributed by atoms with Crippen molar-refractivity contribution >= 4 is 39.1 Å². The number of rotatable bonds is 5. The highest BCUT2D eigenvalue weighted by atomic mass is 32.1. The number of hydrogen-bond donors (Lipinski definition) is 1. The van der Waals surface area contributed by atoms with E-state index in [0.717, 1.165) is 11.0 Å². The largest absolute Gasteiger partial charge is 0.298 e. The summed E-state index contributed by atoms with van der Waals surface area (Å²) in [4.78, 5) is 32.6. The first-order valence-electron chi connectivity index (χ1n) is 9.61. The molecule has 3 aromatic heterocycles. The lowest BCUT2D eigenvalue weighted by Gasteiger charge is -2.09. The number of hydrogen-bond acceptors (Lipinski definition) is 7. The van der Waals surface area contributed by atoms with E-state index in [1.807, 2.05) is 18.5 Å². The van der Waals surface area contributed by atoms with E-state index in [-0.39, 0.29) is 17.6 Å². The van der Waals surface area contributed by atoms with E-state index in [9.17, 15) is 14.9 Å². The Hall–Kier alpha value is -3.66. The summed E-state index contributed by atoms with van der Waals surface area (Å²) in [6.07, 6.45) is 1.70. The predicted octanol–water partition coefficient (Wildman–Crippen LogP) is 4.91. The van der Waals surface area contributed by atoms with Crippen LogP contribution in [-0.4, -0.2) is 30.6 Å². The van der Waals surface area contributed by atoms with Gasteiger partial charge in [-0.3, -0.25) is 20.2 Å². The molecule has 0 aliphatic rings. The minimum Gasteiger partial charge on any atom is -0.298 e. The lowest BCUT2D eigenvalue weighted by molar-refractivity contribution is -0.385. The molecule has 9 nitrogen and oxygen atoms in total. The molecule has 31 heavy (non-hydrogen) atoms. The molecule has 1 amide bonds. The van der Waals surface area contributed by atoms with Crippen LogP contribution in [0.15, 0.2) is 35.8 Å². The maximum absolute atomic E-state index is 12.9. The summed E-state index contributed by atoms with van der Waals surface area (Å²) >= 11 is 1.25. The number of amides is 1. The Labute approximate surface area is 181 Å². The lowest BCUT2D eigenvalue weighted by atomic mass is 10.1. The fourth-order valence-corrected chi connectivity index (χ4v) is 3.98. The number of aromatic nitrogens is 4. The molecule has 0 unspecified atom stereocenters. The molecule has 0 spiro atoms. The van der Waals surface area contributed by atoms with E-state index in [1.54, 1.807) is 43.6 Å². The molecule has 0 aliphatic carbocycles. The first-order chi connectivity index (χ1) is 14.7. The van der Waals surface area contributed by atoms with Crippen LogP contribution in [0.5, 0.6) is 0 Å². The number of carbonyl (C=O) groups is 1. The van der Waals surface area contributed by atoms with Gasteiger partial charge < -0.3 is 0 Å². The normalized spacial score (nSPS) is 11.3. The van der Waals surface area contributed by atoms with Gasteiger partial charge in [0.1, 0.15) is 0 Å². The Morgan fingerprint density at radius 1 is 1.23 bits per heavy atom. The molecule has 10 heteroatoms. The number of aryl methyl sites for hydroxylation is 2. The Bertz CT molecular complexity index is 1320. The number of anilines is 1. The van der Waals surface area contributed by atoms with Crippen molar-refractivity contribution in [3.8, 4) is 11.3 Å². The third-order valence-electron chi connectivity index (χ3n) is 4.92. The average molecular weight is 436 g/mol. The van der Waals surface area contributed by atoms with Gasteiger partial charge in [0.2, 0.25) is 0 Å². The van der Waals surface area contributed by atoms with Gasteiger partial charge in [-0.1, -0.05) is 12.1 Å². The van der Waals surface area contributed by atoms with Crippen LogP contribution in [0, 0.1) is 24.0 Å². The third-order valence-corrected chi connectivity index (χ3v) is 5.68. The highest BCUT2D eigenvalue weighted by Crippen LogP contribution is 2.30. The first-order valence-corrected chi connectivity index (χ1v) is 10.5. The summed E-state index contributed by atoms with van der Waals surface area (Å²) in [5, 5.41) is 21.3. The Morgan fingerprint density at radius 3 is 2.71 bits per heavy atom. The van der Waals surface area contributed by atoms with Crippen LogP contribution >= 0.6 is 11.3 Å². The fourth-order valence-electron chi connectivity index (χ4n) is 3.27. The number of thiazole rings is 1. The minimum atomic E-state index is -0.415. The smallest absolute Gasteiger partial charge is 0.272 e. The molecular formula is C21H20N6O3S. The summed E-state index contributed by atoms with van der Waals surface area (Å²) in [5.74, 6) is -0.319. The van der Waals surface area contributed by atoms with Gasteiger partial charge in [0.05, 0.1) is 28.1 Å². The maximum Gasteiger partial charge on any atom is 0.272 e. The number of benzene rings is 1. The topological polar surface area (TPSA) is 116 Å². The monoisotopic (exact) mass is 436 g/mol. The zero-order chi connectivity index (χ0) is 22.3. The molecule has 3 heterocycles. The molecule has 0 bridgehead atoms. The predicted molar refractivity (Wildman–Crippen MR) is 120 cm³/mol. The van der Waals surface area contributed by atoms with Gasteiger partial charge in [0, 0.05) is 34.0 Å². The van der Waals surface area contributed by atoms with Crippen molar-refractivity contribution in [3.63, 3.8) is 0 Å². The number of fused-ring (bicyclic) bond motifs is 1. The average Bonchev–Trinajstić information content (AvgIpc) is 3.34. The Balaban J connectivity index is 1.59. The molecule has 0 fully saturated rings. The van der Waals surface area contributed by atoms with Crippen LogP contribution in [0.2, 0.25) is 0 Å². The van der Waals surface area contributed by atoms with Crippen molar-refractivity contribution in [2.24, 2.45) is 0 Å². The number of carbonyl (C=O) groups excluding carboxylic acids is 1. The van der Waals surface area contributed by atoms with E-state index in [1.165, 1.54) is 17.4 Å². The van der Waals surface area contributed by atoms with Crippen LogP contribution in [0.1, 0.15) is 41.5 Å². The summed E-state index contributed by atoms with van der Waals surface area (Å²) in [7, 11) is 0. The Kier molecular flexibility index (Phi) is 5.24. The minimum absolute atomic E-state index is 0.0352. The van der Waals surface area contributed by atoms with E-state index in [0.29, 0.717) is 33.2 Å². The Morgan fingerprint density at radius 2 is 2.00 bits per heavy atom. The number of nitrogens with one attached hydrogen (secondary N) is 1. The highest BCUT2D eigenvalue weighted by Gasteiger charge is 2.18. The second-order valence-electron chi connectivity index (χ2n) is 7.47. The van der Waals surface area contributed by atoms with Gasteiger partial charge in [-0.15, -0.1) is 11.3 Å². The molecule has 0 radical (unpaired) electrons. The standard InChI is InChI=1S/C21H20N6O3S/c1-11(2)26-19-15(9-22-26)7-16(13(4)23-19)20(28)25-21-24-17(10-31-21)14-6-5-12(3)18(8-14)27(29)30/h5-11H,1-4H3,(H,24,25,28). The van der Waals surface area contributed by atoms with Gasteiger partial charge in [-0.25, -0.2) is 14.6 Å². The fraction of sp³-hybridized carbons (Fsp3) is 0.238. The summed E-state index contributed by atoms with van der Waals surface area (Å²) < 4.78 is 1.82. The van der Waals surface area contributed by atoms with E-state index >= 15 is 0 Å². The van der Waals surface area contributed by atoms with Gasteiger partial charge in [-0.05, 0) is 33.8 Å². The van der Waals surface area contributed by atoms with Gasteiger partial charge in [-0.2, -0.15) is 5.10 Å². The summed E-state index contributed by atoms with van der Waals surface area (Å²) in [6, 6.07) is 6.89. The van der Waals surface area contributed by atoms with Crippen molar-refractivity contribution in [3.05, 3.63) is 62.8 Å². The van der Waals surface area contributed by atoms with Crippen LogP contribution in [0.4, 0.5) is 10.8 Å². The van der Waals surface area contributed by atoms with Crippen LogP contribution in [0.3, 0.4) is 0 Å². The molecule has 4 aromatic rings. The highest BCUT2D eigenvalue weighted by molar-refractivity contribution is 7.14. The van der Waals surface area contributed by atoms with Crippen molar-refractivity contribution in [1.82, 2.24) is 19.7 Å². The van der Waals surface area contributed by atoms with Gasteiger partial charge >= 0.3 is 0 Å². The molecule has 4 rings (SSSR count). The number of nitro benzene ring substituents is 1. The molecule has 0 saturated carbocycles. The number of pyridine rings is 1. The SMILES string of the molecule is Cc1ccc(-c2csc(NC(=O)c3cc4cnn(C(C)C)c4nc3C)n2)cc1[N+](=O)[O-]. The lowest BCUT2D eigenvalue weighted by Crippen LogP contribution is -2.14. The number of nitrogens with zero attached hydrogens (tertiary/aromatic N) is 5. The van der Waals surface area contributed by atoms with Gasteiger partial charge in [0.15, 0.2) is 10.8 Å². The van der Waals surface area contributed by atoms with E-state index in [4.69, 9.17) is 0 Å². The second kappa shape index (κ2) is 7.88. The zero-order valence-electron chi connectivity index (χ0n) is 17.4. The molecule has 1 N–H and O–H groups in total. The molecule has 0 aliphatic heterocycles. The second-order valence-corrected chi connectivity index (χ2v) is 8.33. The summed E-state index contributed by atoms with van der Waals surface area (Å²) in [6.45, 7) is 7.51. The van der Waals surface area contributed by atoms with Gasteiger partial charge in [0.25, 0.3) is 11.6 Å². The van der Waals surface area contributed by atoms with Crippen LogP contribution in [0.25, 0.3) is 22.3 Å². The van der Waals surface area contributed by atoms with E-state index < -0.39 is 4.92 Å². The molecule has 0 atom stereocenters. The van der Waals surface area contributed by atoms with Crippen molar-refractivity contribution in [2.45, 2.75) is 33.7 Å². The maximum atomic E-state index is 12.9. The van der Waals surface area contributed by atoms with Crippen molar-refractivity contribution in [2.75, 3.05) is 5.32 Å². The quantitative estimate of drug-likeness (QED) is 0.351. The molecule has 0 saturated heterocycles. The van der Waals surface area contributed by atoms with Crippen molar-refractivity contribution < 1.29 is 9.72 Å². The molecular weight excluding hydrogens is 416 g/mol. The summed E-state index contributed by atoms with van der Waals surface area (Å²) in [5.41, 5.74) is 3.57. The molecule has 158 valence electrons. The number of nitro groups is 1. The zero-order valence-corrected chi connectivity index (χ0v) is 18.2.